The molecule has 3 rings (SSSR count). The molecular formula is C19H29N3O2S. The van der Waals surface area contributed by atoms with Crippen molar-refractivity contribution in [2.24, 2.45) is 5.92 Å². The first-order chi connectivity index (χ1) is 12.2. The summed E-state index contributed by atoms with van der Waals surface area (Å²) in [5.41, 5.74) is 0.799. The maximum atomic E-state index is 12.3. The van der Waals surface area contributed by atoms with Gasteiger partial charge in [-0.05, 0) is 23.8 Å². The molecule has 2 heterocycles. The van der Waals surface area contributed by atoms with E-state index in [1.54, 1.807) is 11.3 Å². The largest absolute Gasteiger partial charge is 0.355 e. The number of carbonyl (C=O) groups is 2. The van der Waals surface area contributed by atoms with Crippen LogP contribution in [-0.2, 0) is 4.79 Å². The van der Waals surface area contributed by atoms with Gasteiger partial charge in [-0.2, -0.15) is 11.3 Å². The number of hydrogen-bond acceptors (Lipinski definition) is 4. The van der Waals surface area contributed by atoms with Crippen LogP contribution in [0.4, 0.5) is 0 Å². The van der Waals surface area contributed by atoms with Gasteiger partial charge in [0.15, 0.2) is 0 Å². The van der Waals surface area contributed by atoms with E-state index in [0.717, 1.165) is 50.6 Å². The summed E-state index contributed by atoms with van der Waals surface area (Å²) >= 11 is 1.56. The van der Waals surface area contributed by atoms with Gasteiger partial charge in [-0.1, -0.05) is 25.7 Å². The molecule has 0 unspecified atom stereocenters. The lowest BCUT2D eigenvalue weighted by Crippen LogP contribution is -2.50. The van der Waals surface area contributed by atoms with Crippen LogP contribution in [0.3, 0.4) is 0 Å². The number of thiophene rings is 1. The smallest absolute Gasteiger partial charge is 0.254 e. The lowest BCUT2D eigenvalue weighted by atomic mass is 10.0. The van der Waals surface area contributed by atoms with E-state index in [1.165, 1.54) is 25.7 Å². The van der Waals surface area contributed by atoms with E-state index in [0.29, 0.717) is 13.0 Å². The van der Waals surface area contributed by atoms with E-state index in [4.69, 9.17) is 0 Å². The average Bonchev–Trinajstić information content (AvgIpc) is 3.34. The number of carbonyl (C=O) groups excluding carboxylic acids is 2. The van der Waals surface area contributed by atoms with Gasteiger partial charge in [-0.25, -0.2) is 0 Å². The van der Waals surface area contributed by atoms with E-state index in [9.17, 15) is 9.59 Å². The Morgan fingerprint density at radius 1 is 1.16 bits per heavy atom. The quantitative estimate of drug-likeness (QED) is 0.810. The summed E-state index contributed by atoms with van der Waals surface area (Å²) in [6.07, 6.45) is 7.02. The molecule has 25 heavy (non-hydrogen) atoms. The van der Waals surface area contributed by atoms with Gasteiger partial charge in [-0.15, -0.1) is 0 Å². The molecule has 0 spiro atoms. The Kier molecular flexibility index (Phi) is 6.87. The third-order valence-electron chi connectivity index (χ3n) is 5.43. The molecule has 0 radical (unpaired) electrons. The third kappa shape index (κ3) is 5.54. The second kappa shape index (κ2) is 9.34. The summed E-state index contributed by atoms with van der Waals surface area (Å²) in [6, 6.07) is 1.89. The van der Waals surface area contributed by atoms with Gasteiger partial charge in [0.05, 0.1) is 5.56 Å². The molecule has 1 aromatic rings. The number of nitrogens with one attached hydrogen (secondary N) is 1. The normalized spacial score (nSPS) is 19.3. The van der Waals surface area contributed by atoms with Crippen molar-refractivity contribution in [3.05, 3.63) is 22.4 Å². The van der Waals surface area contributed by atoms with Crippen LogP contribution in [0.15, 0.2) is 16.8 Å². The van der Waals surface area contributed by atoms with Crippen LogP contribution in [0.5, 0.6) is 0 Å². The molecule has 2 aliphatic rings. The van der Waals surface area contributed by atoms with E-state index >= 15 is 0 Å². The minimum absolute atomic E-state index is 0.140. The van der Waals surface area contributed by atoms with Crippen molar-refractivity contribution in [1.29, 1.82) is 0 Å². The number of hydrogen-bond donors (Lipinski definition) is 1. The van der Waals surface area contributed by atoms with Crippen molar-refractivity contribution < 1.29 is 9.59 Å². The second-order valence-electron chi connectivity index (χ2n) is 7.18. The highest BCUT2D eigenvalue weighted by Gasteiger charge is 2.22. The van der Waals surface area contributed by atoms with Crippen LogP contribution >= 0.6 is 11.3 Å². The van der Waals surface area contributed by atoms with Gasteiger partial charge >= 0.3 is 0 Å². The van der Waals surface area contributed by atoms with Crippen molar-refractivity contribution in [2.75, 3.05) is 39.3 Å². The molecule has 1 saturated heterocycles. The molecule has 0 aromatic carbocycles. The summed E-state index contributed by atoms with van der Waals surface area (Å²) in [7, 11) is 0. The fourth-order valence-corrected chi connectivity index (χ4v) is 4.45. The molecule has 5 nitrogen and oxygen atoms in total. The monoisotopic (exact) mass is 363 g/mol. The maximum absolute atomic E-state index is 12.3. The number of rotatable bonds is 7. The van der Waals surface area contributed by atoms with Gasteiger partial charge < -0.3 is 10.2 Å². The summed E-state index contributed by atoms with van der Waals surface area (Å²) in [4.78, 5) is 28.5. The Hall–Kier alpha value is -1.40. The third-order valence-corrected chi connectivity index (χ3v) is 6.12. The second-order valence-corrected chi connectivity index (χ2v) is 7.97. The lowest BCUT2D eigenvalue weighted by molar-refractivity contribution is -0.121. The molecule has 1 aliphatic heterocycles. The minimum Gasteiger partial charge on any atom is -0.355 e. The Bertz CT molecular complexity index is 547. The first-order valence-corrected chi connectivity index (χ1v) is 10.5. The van der Waals surface area contributed by atoms with Crippen molar-refractivity contribution in [2.45, 2.75) is 38.5 Å². The Balaban J connectivity index is 1.27. The van der Waals surface area contributed by atoms with Crippen LogP contribution in [0.2, 0.25) is 0 Å². The molecule has 1 N–H and O–H groups in total. The molecule has 6 heteroatoms. The first kappa shape index (κ1) is 18.4. The summed E-state index contributed by atoms with van der Waals surface area (Å²) < 4.78 is 0. The minimum atomic E-state index is 0.140. The topological polar surface area (TPSA) is 52.7 Å². The van der Waals surface area contributed by atoms with Crippen molar-refractivity contribution in [1.82, 2.24) is 15.1 Å². The zero-order valence-corrected chi connectivity index (χ0v) is 15.7. The highest BCUT2D eigenvalue weighted by molar-refractivity contribution is 7.08. The first-order valence-electron chi connectivity index (χ1n) is 9.53. The lowest BCUT2D eigenvalue weighted by Gasteiger charge is -2.34. The van der Waals surface area contributed by atoms with Crippen LogP contribution < -0.4 is 5.32 Å². The van der Waals surface area contributed by atoms with E-state index in [2.05, 4.69) is 10.2 Å². The molecule has 1 aliphatic carbocycles. The van der Waals surface area contributed by atoms with Crippen molar-refractivity contribution >= 4 is 23.2 Å². The van der Waals surface area contributed by atoms with Gasteiger partial charge in [0.1, 0.15) is 0 Å². The Morgan fingerprint density at radius 3 is 2.60 bits per heavy atom. The Labute approximate surface area is 154 Å². The summed E-state index contributed by atoms with van der Waals surface area (Å²) in [6.45, 7) is 4.88. The zero-order valence-electron chi connectivity index (χ0n) is 14.9. The van der Waals surface area contributed by atoms with E-state index in [-0.39, 0.29) is 11.8 Å². The summed E-state index contributed by atoms with van der Waals surface area (Å²) in [5, 5.41) is 6.91. The van der Waals surface area contributed by atoms with Crippen LogP contribution in [0.25, 0.3) is 0 Å². The molecule has 2 amide bonds. The van der Waals surface area contributed by atoms with Crippen LogP contribution in [0, 0.1) is 5.92 Å². The maximum Gasteiger partial charge on any atom is 0.254 e. The highest BCUT2D eigenvalue weighted by atomic mass is 32.1. The SMILES string of the molecule is O=C(CCC1CCCC1)NCCN1CCN(C(=O)c2ccsc2)CC1. The fraction of sp³-hybridized carbons (Fsp3) is 0.684. The standard InChI is InChI=1S/C19H29N3O2S/c23-18(6-5-16-3-1-2-4-16)20-8-9-21-10-12-22(13-11-21)19(24)17-7-14-25-15-17/h7,14-16H,1-6,8-13H2,(H,20,23). The molecule has 1 aromatic heterocycles. The molecule has 0 atom stereocenters. The molecule has 0 bridgehead atoms. The number of nitrogens with zero attached hydrogens (tertiary/aromatic N) is 2. The number of piperazine rings is 1. The number of amides is 2. The van der Waals surface area contributed by atoms with Gasteiger partial charge in [0.2, 0.25) is 5.91 Å². The average molecular weight is 364 g/mol. The Morgan fingerprint density at radius 2 is 1.92 bits per heavy atom. The van der Waals surface area contributed by atoms with Crippen LogP contribution in [-0.4, -0.2) is 60.9 Å². The summed E-state index contributed by atoms with van der Waals surface area (Å²) in [5.74, 6) is 1.11. The molecule has 2 fully saturated rings. The van der Waals surface area contributed by atoms with E-state index < -0.39 is 0 Å². The highest BCUT2D eigenvalue weighted by Crippen LogP contribution is 2.28. The molecule has 1 saturated carbocycles. The van der Waals surface area contributed by atoms with Gasteiger partial charge in [0, 0.05) is 51.1 Å². The fourth-order valence-electron chi connectivity index (χ4n) is 3.82. The van der Waals surface area contributed by atoms with Gasteiger partial charge in [-0.3, -0.25) is 14.5 Å². The predicted molar refractivity (Wildman–Crippen MR) is 101 cm³/mol. The van der Waals surface area contributed by atoms with Crippen molar-refractivity contribution in [3.8, 4) is 0 Å². The molecule has 138 valence electrons. The zero-order chi connectivity index (χ0) is 17.5. The van der Waals surface area contributed by atoms with Crippen LogP contribution in [0.1, 0.15) is 48.9 Å². The predicted octanol–water partition coefficient (Wildman–Crippen LogP) is 2.59. The van der Waals surface area contributed by atoms with Gasteiger partial charge in [0.25, 0.3) is 5.91 Å². The molecular weight excluding hydrogens is 334 g/mol. The van der Waals surface area contributed by atoms with E-state index in [1.807, 2.05) is 21.7 Å². The van der Waals surface area contributed by atoms with Crippen molar-refractivity contribution in [3.63, 3.8) is 0 Å².